The molecule has 0 saturated carbocycles. The van der Waals surface area contributed by atoms with Crippen LogP contribution in [-0.4, -0.2) is 79.8 Å². The zero-order chi connectivity index (χ0) is 22.3. The Hall–Kier alpha value is -1.59. The highest BCUT2D eigenvalue weighted by Gasteiger charge is 2.34. The Morgan fingerprint density at radius 3 is 2.43 bits per heavy atom. The number of nitrogens with zero attached hydrogens (tertiary/aromatic N) is 3. The van der Waals surface area contributed by atoms with Crippen LogP contribution in [0.25, 0.3) is 0 Å². The molecule has 0 unspecified atom stereocenters. The fourth-order valence-corrected chi connectivity index (χ4v) is 4.93. The zero-order valence-electron chi connectivity index (χ0n) is 16.9. The number of piperazine rings is 1. The molecule has 1 heterocycles. The Kier molecular flexibility index (Phi) is 9.17. The van der Waals surface area contributed by atoms with Gasteiger partial charge in [-0.3, -0.25) is 4.79 Å². The van der Waals surface area contributed by atoms with Crippen LogP contribution in [0.5, 0.6) is 0 Å². The molecule has 9 nitrogen and oxygen atoms in total. The smallest absolute Gasteiger partial charge is 0.409 e. The van der Waals surface area contributed by atoms with E-state index in [4.69, 9.17) is 27.9 Å². The second-order valence-corrected chi connectivity index (χ2v) is 9.37. The molecule has 12 heteroatoms. The van der Waals surface area contributed by atoms with Gasteiger partial charge in [0.05, 0.1) is 23.9 Å². The fourth-order valence-electron chi connectivity index (χ4n) is 2.95. The number of carbonyl (C=O) groups is 2. The lowest BCUT2D eigenvalue weighted by Crippen LogP contribution is -2.55. The van der Waals surface area contributed by atoms with Crippen LogP contribution in [-0.2, 0) is 19.7 Å². The van der Waals surface area contributed by atoms with E-state index >= 15 is 0 Å². The third kappa shape index (κ3) is 6.45. The van der Waals surface area contributed by atoms with Crippen LogP contribution in [0.4, 0.5) is 10.5 Å². The van der Waals surface area contributed by atoms with Crippen LogP contribution in [0.3, 0.4) is 0 Å². The van der Waals surface area contributed by atoms with Crippen LogP contribution < -0.4 is 5.32 Å². The normalized spacial score (nSPS) is 15.3. The Morgan fingerprint density at radius 2 is 1.83 bits per heavy atom. The van der Waals surface area contributed by atoms with Crippen molar-refractivity contribution in [2.24, 2.45) is 0 Å². The van der Waals surface area contributed by atoms with E-state index in [1.165, 1.54) is 15.3 Å². The molecule has 30 heavy (non-hydrogen) atoms. The van der Waals surface area contributed by atoms with Gasteiger partial charge < -0.3 is 15.0 Å². The Bertz CT molecular complexity index is 860. The van der Waals surface area contributed by atoms with Crippen LogP contribution in [0.2, 0.25) is 10.0 Å². The molecule has 1 aromatic carbocycles. The van der Waals surface area contributed by atoms with Crippen molar-refractivity contribution in [1.29, 1.82) is 0 Å². The van der Waals surface area contributed by atoms with E-state index < -0.39 is 22.2 Å². The molecule has 1 aromatic rings. The highest BCUT2D eigenvalue weighted by molar-refractivity contribution is 7.86. The molecule has 0 bridgehead atoms. The van der Waals surface area contributed by atoms with Crippen LogP contribution in [0.15, 0.2) is 18.2 Å². The standard InChI is InChI=1S/C18H26Cl2N4O5S/c1-3-7-24(13-17(25)21-16-12-14(19)5-6-15(16)20)30(27,28)23-10-8-22(9-11-23)18(26)29-4-2/h5-6,12H,3-4,7-11,13H2,1-2H3,(H,21,25). The number of halogens is 2. The molecule has 0 spiro atoms. The summed E-state index contributed by atoms with van der Waals surface area (Å²) in [4.78, 5) is 25.8. The van der Waals surface area contributed by atoms with Gasteiger partial charge in [0.1, 0.15) is 0 Å². The number of rotatable bonds is 8. The quantitative estimate of drug-likeness (QED) is 0.616. The molecule has 1 aliphatic rings. The van der Waals surface area contributed by atoms with Crippen molar-refractivity contribution in [2.75, 3.05) is 51.2 Å². The van der Waals surface area contributed by atoms with E-state index in [0.29, 0.717) is 22.2 Å². The van der Waals surface area contributed by atoms with Gasteiger partial charge in [0.15, 0.2) is 0 Å². The summed E-state index contributed by atoms with van der Waals surface area (Å²) in [6.45, 7) is 4.31. The lowest BCUT2D eigenvalue weighted by atomic mass is 10.3. The fraction of sp³-hybridized carbons (Fsp3) is 0.556. The van der Waals surface area contributed by atoms with Gasteiger partial charge in [-0.1, -0.05) is 30.1 Å². The van der Waals surface area contributed by atoms with Crippen molar-refractivity contribution < 1.29 is 22.7 Å². The average Bonchev–Trinajstić information content (AvgIpc) is 2.70. The largest absolute Gasteiger partial charge is 0.450 e. The van der Waals surface area contributed by atoms with Crippen molar-refractivity contribution in [1.82, 2.24) is 13.5 Å². The molecule has 0 atom stereocenters. The first-order valence-corrected chi connectivity index (χ1v) is 11.8. The summed E-state index contributed by atoms with van der Waals surface area (Å²) in [5.41, 5.74) is 0.311. The summed E-state index contributed by atoms with van der Waals surface area (Å²) in [7, 11) is -3.89. The average molecular weight is 481 g/mol. The number of hydrogen-bond donors (Lipinski definition) is 1. The van der Waals surface area contributed by atoms with E-state index in [1.807, 2.05) is 6.92 Å². The van der Waals surface area contributed by atoms with Crippen LogP contribution >= 0.6 is 23.2 Å². The summed E-state index contributed by atoms with van der Waals surface area (Å²) in [6, 6.07) is 4.63. The topological polar surface area (TPSA) is 99.3 Å². The maximum absolute atomic E-state index is 13.1. The number of amides is 2. The van der Waals surface area contributed by atoms with Crippen molar-refractivity contribution in [3.63, 3.8) is 0 Å². The molecule has 2 amide bonds. The number of nitrogens with one attached hydrogen (secondary N) is 1. The maximum Gasteiger partial charge on any atom is 0.409 e. The number of anilines is 1. The van der Waals surface area contributed by atoms with Crippen molar-refractivity contribution in [3.8, 4) is 0 Å². The molecular formula is C18H26Cl2N4O5S. The van der Waals surface area contributed by atoms with Crippen LogP contribution in [0.1, 0.15) is 20.3 Å². The number of benzene rings is 1. The molecule has 1 fully saturated rings. The molecule has 1 saturated heterocycles. The van der Waals surface area contributed by atoms with Gasteiger partial charge in [-0.25, -0.2) is 4.79 Å². The van der Waals surface area contributed by atoms with Gasteiger partial charge in [-0.15, -0.1) is 0 Å². The Labute approximate surface area is 187 Å². The zero-order valence-corrected chi connectivity index (χ0v) is 19.3. The minimum absolute atomic E-state index is 0.128. The predicted molar refractivity (Wildman–Crippen MR) is 116 cm³/mol. The van der Waals surface area contributed by atoms with Crippen molar-refractivity contribution in [3.05, 3.63) is 28.2 Å². The maximum atomic E-state index is 13.1. The summed E-state index contributed by atoms with van der Waals surface area (Å²) < 4.78 is 33.5. The highest BCUT2D eigenvalue weighted by atomic mass is 35.5. The number of ether oxygens (including phenoxy) is 1. The minimum atomic E-state index is -3.89. The second-order valence-electron chi connectivity index (χ2n) is 6.60. The van der Waals surface area contributed by atoms with Gasteiger partial charge in [0.25, 0.3) is 10.2 Å². The van der Waals surface area contributed by atoms with Gasteiger partial charge in [0.2, 0.25) is 5.91 Å². The van der Waals surface area contributed by atoms with Gasteiger partial charge in [-0.2, -0.15) is 17.0 Å². The third-order valence-corrected chi connectivity index (χ3v) is 6.96. The van der Waals surface area contributed by atoms with Gasteiger partial charge >= 0.3 is 6.09 Å². The molecular weight excluding hydrogens is 455 g/mol. The second kappa shape index (κ2) is 11.1. The molecule has 0 radical (unpaired) electrons. The lowest BCUT2D eigenvalue weighted by molar-refractivity contribution is -0.116. The van der Waals surface area contributed by atoms with E-state index in [-0.39, 0.29) is 45.9 Å². The monoisotopic (exact) mass is 480 g/mol. The SMILES string of the molecule is CCCN(CC(=O)Nc1cc(Cl)ccc1Cl)S(=O)(=O)N1CCN(C(=O)OCC)CC1. The summed E-state index contributed by atoms with van der Waals surface area (Å²) in [5.74, 6) is -0.527. The first-order chi connectivity index (χ1) is 14.2. The minimum Gasteiger partial charge on any atom is -0.450 e. The summed E-state index contributed by atoms with van der Waals surface area (Å²) in [5, 5.41) is 3.30. The lowest BCUT2D eigenvalue weighted by Gasteiger charge is -2.36. The van der Waals surface area contributed by atoms with Gasteiger partial charge in [-0.05, 0) is 31.5 Å². The first kappa shape index (κ1) is 24.7. The van der Waals surface area contributed by atoms with Gasteiger partial charge in [0, 0.05) is 37.7 Å². The molecule has 1 aliphatic heterocycles. The van der Waals surface area contributed by atoms with E-state index in [0.717, 1.165) is 4.31 Å². The van der Waals surface area contributed by atoms with E-state index in [1.54, 1.807) is 19.1 Å². The summed E-state index contributed by atoms with van der Waals surface area (Å²) >= 11 is 12.0. The highest BCUT2D eigenvalue weighted by Crippen LogP contribution is 2.25. The van der Waals surface area contributed by atoms with E-state index in [2.05, 4.69) is 5.32 Å². The molecule has 0 aliphatic carbocycles. The first-order valence-electron chi connectivity index (χ1n) is 9.60. The van der Waals surface area contributed by atoms with Crippen molar-refractivity contribution in [2.45, 2.75) is 20.3 Å². The third-order valence-electron chi connectivity index (χ3n) is 4.41. The molecule has 2 rings (SSSR count). The molecule has 168 valence electrons. The van der Waals surface area contributed by atoms with E-state index in [9.17, 15) is 18.0 Å². The molecule has 0 aromatic heterocycles. The summed E-state index contributed by atoms with van der Waals surface area (Å²) in [6.07, 6.45) is 0.0745. The Morgan fingerprint density at radius 1 is 1.17 bits per heavy atom. The predicted octanol–water partition coefficient (Wildman–Crippen LogP) is 2.66. The Balaban J connectivity index is 2.04. The van der Waals surface area contributed by atoms with Crippen molar-refractivity contribution >= 4 is 51.1 Å². The number of carbonyl (C=O) groups excluding carboxylic acids is 2. The number of hydrogen-bond acceptors (Lipinski definition) is 5. The molecule has 1 N–H and O–H groups in total. The van der Waals surface area contributed by atoms with Crippen LogP contribution in [0, 0.1) is 0 Å².